The third-order valence-electron chi connectivity index (χ3n) is 2.25. The summed E-state index contributed by atoms with van der Waals surface area (Å²) >= 11 is 0. The van der Waals surface area contributed by atoms with Crippen molar-refractivity contribution in [2.75, 3.05) is 0 Å². The highest BCUT2D eigenvalue weighted by atomic mass is 19.3. The molecule has 0 fully saturated rings. The average Bonchev–Trinajstić information content (AvgIpc) is 2.66. The number of alkyl halides is 2. The van der Waals surface area contributed by atoms with Gasteiger partial charge in [-0.1, -0.05) is 17.3 Å². The van der Waals surface area contributed by atoms with E-state index < -0.39 is 12.1 Å². The molecule has 16 heavy (non-hydrogen) atoms. The van der Waals surface area contributed by atoms with Gasteiger partial charge in [-0.2, -0.15) is 0 Å². The van der Waals surface area contributed by atoms with E-state index >= 15 is 0 Å². The van der Waals surface area contributed by atoms with Crippen LogP contribution in [0.5, 0.6) is 5.75 Å². The lowest BCUT2D eigenvalue weighted by atomic mass is 10.1. The molecule has 0 aliphatic carbocycles. The molecule has 0 aliphatic heterocycles. The summed E-state index contributed by atoms with van der Waals surface area (Å²) < 4.78 is 29.4. The molecule has 1 aromatic carbocycles. The predicted octanol–water partition coefficient (Wildman–Crippen LogP) is 3.29. The molecular weight excluding hydrogens is 216 g/mol. The summed E-state index contributed by atoms with van der Waals surface area (Å²) in [4.78, 5) is 0. The monoisotopic (exact) mass is 225 g/mol. The van der Waals surface area contributed by atoms with E-state index in [0.29, 0.717) is 5.56 Å². The van der Waals surface area contributed by atoms with Gasteiger partial charge in [0.15, 0.2) is 5.76 Å². The molecule has 0 aliphatic rings. The molecule has 0 bridgehead atoms. The molecule has 2 aromatic rings. The molecule has 84 valence electrons. The lowest BCUT2D eigenvalue weighted by Gasteiger charge is -2.03. The first-order valence-corrected chi connectivity index (χ1v) is 4.63. The van der Waals surface area contributed by atoms with Gasteiger partial charge >= 0.3 is 0 Å². The first kappa shape index (κ1) is 10.6. The average molecular weight is 225 g/mol. The number of rotatable bonds is 2. The molecule has 3 nitrogen and oxygen atoms in total. The number of nitrogens with zero attached hydrogens (tertiary/aromatic N) is 1. The van der Waals surface area contributed by atoms with Gasteiger partial charge in [-0.3, -0.25) is 0 Å². The number of hydrogen-bond acceptors (Lipinski definition) is 3. The molecule has 5 heteroatoms. The second kappa shape index (κ2) is 3.92. The van der Waals surface area contributed by atoms with Gasteiger partial charge in [0.2, 0.25) is 0 Å². The van der Waals surface area contributed by atoms with Crippen molar-refractivity contribution in [2.45, 2.75) is 13.3 Å². The highest BCUT2D eigenvalue weighted by molar-refractivity contribution is 5.69. The van der Waals surface area contributed by atoms with Crippen molar-refractivity contribution in [3.63, 3.8) is 0 Å². The second-order valence-electron chi connectivity index (χ2n) is 3.39. The largest absolute Gasteiger partial charge is 0.507 e. The van der Waals surface area contributed by atoms with E-state index in [1.54, 1.807) is 19.1 Å². The zero-order valence-corrected chi connectivity index (χ0v) is 8.45. The lowest BCUT2D eigenvalue weighted by Crippen LogP contribution is -1.82. The molecule has 0 amide bonds. The zero-order chi connectivity index (χ0) is 11.7. The lowest BCUT2D eigenvalue weighted by molar-refractivity contribution is 0.140. The first-order chi connectivity index (χ1) is 7.59. The second-order valence-corrected chi connectivity index (χ2v) is 3.39. The van der Waals surface area contributed by atoms with Crippen LogP contribution in [0.2, 0.25) is 0 Å². The smallest absolute Gasteiger partial charge is 0.283 e. The van der Waals surface area contributed by atoms with E-state index in [1.807, 2.05) is 0 Å². The standard InChI is InChI=1S/C11H9F2NO2/c1-6-3-2-4-8(15)10(6)9-5-7(11(12)13)14-16-9/h2-5,11,15H,1H3. The molecule has 1 heterocycles. The van der Waals surface area contributed by atoms with Crippen molar-refractivity contribution in [1.82, 2.24) is 5.16 Å². The fraction of sp³-hybridized carbons (Fsp3) is 0.182. The van der Waals surface area contributed by atoms with Gasteiger partial charge < -0.3 is 9.63 Å². The Morgan fingerprint density at radius 3 is 2.69 bits per heavy atom. The molecular formula is C11H9F2NO2. The molecule has 0 saturated heterocycles. The topological polar surface area (TPSA) is 46.3 Å². The molecule has 0 atom stereocenters. The van der Waals surface area contributed by atoms with Crippen LogP contribution in [0.1, 0.15) is 17.7 Å². The van der Waals surface area contributed by atoms with E-state index in [0.717, 1.165) is 11.6 Å². The summed E-state index contributed by atoms with van der Waals surface area (Å²) in [7, 11) is 0. The Bertz CT molecular complexity index is 488. The van der Waals surface area contributed by atoms with Gasteiger partial charge in [0.05, 0.1) is 5.56 Å². The van der Waals surface area contributed by atoms with Crippen molar-refractivity contribution in [1.29, 1.82) is 0 Å². The van der Waals surface area contributed by atoms with E-state index in [9.17, 15) is 13.9 Å². The number of halogens is 2. The molecule has 0 unspecified atom stereocenters. The number of aromatic hydroxyl groups is 1. The summed E-state index contributed by atoms with van der Waals surface area (Å²) in [6, 6.07) is 6.01. The Morgan fingerprint density at radius 1 is 1.38 bits per heavy atom. The van der Waals surface area contributed by atoms with Crippen LogP contribution >= 0.6 is 0 Å². The number of phenols is 1. The van der Waals surface area contributed by atoms with Crippen LogP contribution in [-0.2, 0) is 0 Å². The van der Waals surface area contributed by atoms with Gasteiger partial charge in [-0.25, -0.2) is 8.78 Å². The fourth-order valence-electron chi connectivity index (χ4n) is 1.48. The van der Waals surface area contributed by atoms with Gasteiger partial charge in [-0.15, -0.1) is 0 Å². The van der Waals surface area contributed by atoms with Gasteiger partial charge in [0.1, 0.15) is 11.4 Å². The maximum absolute atomic E-state index is 12.3. The maximum atomic E-state index is 12.3. The number of benzene rings is 1. The number of phenolic OH excluding ortho intramolecular Hbond substituents is 1. The molecule has 0 radical (unpaired) electrons. The van der Waals surface area contributed by atoms with Crippen molar-refractivity contribution < 1.29 is 18.4 Å². The number of aromatic nitrogens is 1. The minimum Gasteiger partial charge on any atom is -0.507 e. The highest BCUT2D eigenvalue weighted by Gasteiger charge is 2.17. The Hall–Kier alpha value is -1.91. The van der Waals surface area contributed by atoms with E-state index in [2.05, 4.69) is 5.16 Å². The van der Waals surface area contributed by atoms with Crippen LogP contribution in [0.15, 0.2) is 28.8 Å². The first-order valence-electron chi connectivity index (χ1n) is 4.63. The normalized spacial score (nSPS) is 11.0. The van der Waals surface area contributed by atoms with E-state index in [1.165, 1.54) is 6.07 Å². The van der Waals surface area contributed by atoms with E-state index in [-0.39, 0.29) is 11.5 Å². The van der Waals surface area contributed by atoms with Crippen LogP contribution in [0.4, 0.5) is 8.78 Å². The Balaban J connectivity index is 2.50. The fourth-order valence-corrected chi connectivity index (χ4v) is 1.48. The highest BCUT2D eigenvalue weighted by Crippen LogP contribution is 2.33. The van der Waals surface area contributed by atoms with Crippen LogP contribution in [0.25, 0.3) is 11.3 Å². The third-order valence-corrected chi connectivity index (χ3v) is 2.25. The number of hydrogen-bond donors (Lipinski definition) is 1. The summed E-state index contributed by atoms with van der Waals surface area (Å²) in [5.41, 5.74) is 0.691. The predicted molar refractivity (Wildman–Crippen MR) is 53.3 cm³/mol. The summed E-state index contributed by atoms with van der Waals surface area (Å²) in [6.45, 7) is 1.75. The van der Waals surface area contributed by atoms with Crippen molar-refractivity contribution in [3.8, 4) is 17.1 Å². The minimum atomic E-state index is -2.68. The maximum Gasteiger partial charge on any atom is 0.283 e. The van der Waals surface area contributed by atoms with E-state index in [4.69, 9.17) is 4.52 Å². The third kappa shape index (κ3) is 1.76. The quantitative estimate of drug-likeness (QED) is 0.852. The number of aryl methyl sites for hydroxylation is 1. The molecule has 1 N–H and O–H groups in total. The SMILES string of the molecule is Cc1cccc(O)c1-c1cc(C(F)F)no1. The van der Waals surface area contributed by atoms with Crippen LogP contribution in [0.3, 0.4) is 0 Å². The molecule has 1 aromatic heterocycles. The van der Waals surface area contributed by atoms with Crippen molar-refractivity contribution >= 4 is 0 Å². The van der Waals surface area contributed by atoms with Crippen molar-refractivity contribution in [3.05, 3.63) is 35.5 Å². The van der Waals surface area contributed by atoms with Crippen LogP contribution < -0.4 is 0 Å². The molecule has 0 spiro atoms. The summed E-state index contributed by atoms with van der Waals surface area (Å²) in [5, 5.41) is 12.9. The van der Waals surface area contributed by atoms with Crippen LogP contribution in [-0.4, -0.2) is 10.3 Å². The van der Waals surface area contributed by atoms with Crippen LogP contribution in [0, 0.1) is 6.92 Å². The Kier molecular flexibility index (Phi) is 2.60. The molecule has 2 rings (SSSR count). The van der Waals surface area contributed by atoms with Gasteiger partial charge in [0, 0.05) is 6.07 Å². The van der Waals surface area contributed by atoms with Gasteiger partial charge in [0.25, 0.3) is 6.43 Å². The molecule has 0 saturated carbocycles. The Labute approximate surface area is 90.3 Å². The minimum absolute atomic E-state index is 0.0167. The summed E-state index contributed by atoms with van der Waals surface area (Å²) in [6.07, 6.45) is -2.68. The van der Waals surface area contributed by atoms with Gasteiger partial charge in [-0.05, 0) is 18.6 Å². The van der Waals surface area contributed by atoms with Crippen molar-refractivity contribution in [2.24, 2.45) is 0 Å². The summed E-state index contributed by atoms with van der Waals surface area (Å²) in [5.74, 6) is 0.128. The Morgan fingerprint density at radius 2 is 2.12 bits per heavy atom. The zero-order valence-electron chi connectivity index (χ0n) is 8.45.